The second-order valence-electron chi connectivity index (χ2n) is 4.93. The minimum Gasteiger partial charge on any atom is -0.339 e. The molecule has 1 saturated heterocycles. The topological polar surface area (TPSA) is 51.0 Å². The largest absolute Gasteiger partial charge is 0.339 e. The molecule has 1 N–H and O–H groups in total. The van der Waals surface area contributed by atoms with Gasteiger partial charge in [0.1, 0.15) is 0 Å². The van der Waals surface area contributed by atoms with Crippen molar-refractivity contribution in [3.63, 3.8) is 0 Å². The molecular weight excluding hydrogens is 338 g/mol. The summed E-state index contributed by atoms with van der Waals surface area (Å²) in [5.41, 5.74) is 2.17. The summed E-state index contributed by atoms with van der Waals surface area (Å²) in [4.78, 5) is 4.51. The highest BCUT2D eigenvalue weighted by Gasteiger charge is 2.18. The molecule has 0 spiro atoms. The monoisotopic (exact) mass is 353 g/mol. The first-order chi connectivity index (χ1) is 9.72. The van der Waals surface area contributed by atoms with Crippen LogP contribution in [0, 0.1) is 6.92 Å². The van der Waals surface area contributed by atoms with Crippen LogP contribution in [-0.2, 0) is 6.42 Å². The number of hydrogen-bond donors (Lipinski definition) is 1. The van der Waals surface area contributed by atoms with E-state index in [9.17, 15) is 0 Å². The van der Waals surface area contributed by atoms with Crippen molar-refractivity contribution in [1.82, 2.24) is 15.5 Å². The van der Waals surface area contributed by atoms with Crippen LogP contribution in [0.4, 0.5) is 0 Å². The lowest BCUT2D eigenvalue weighted by atomic mass is 10.1. The van der Waals surface area contributed by atoms with E-state index in [-0.39, 0.29) is 0 Å². The zero-order chi connectivity index (χ0) is 13.9. The molecule has 0 amide bonds. The summed E-state index contributed by atoms with van der Waals surface area (Å²) in [6, 6.07) is 6.56. The van der Waals surface area contributed by atoms with Gasteiger partial charge in [-0.3, -0.25) is 0 Å². The zero-order valence-electron chi connectivity index (χ0n) is 11.2. The van der Waals surface area contributed by atoms with Crippen molar-refractivity contribution in [2.45, 2.75) is 19.4 Å². The Labute approximate surface area is 130 Å². The molecule has 1 aliphatic heterocycles. The van der Waals surface area contributed by atoms with Crippen LogP contribution in [0.15, 0.2) is 27.2 Å². The molecule has 1 fully saturated rings. The van der Waals surface area contributed by atoms with Gasteiger partial charge in [0.25, 0.3) is 0 Å². The van der Waals surface area contributed by atoms with E-state index in [4.69, 9.17) is 4.52 Å². The molecular formula is C14H16BrN3OS. The fraction of sp³-hybridized carbons (Fsp3) is 0.429. The van der Waals surface area contributed by atoms with E-state index in [0.717, 1.165) is 28.8 Å². The number of hydrogen-bond acceptors (Lipinski definition) is 5. The number of aromatic nitrogens is 2. The molecule has 1 aromatic heterocycles. The van der Waals surface area contributed by atoms with Crippen molar-refractivity contribution in [2.75, 3.05) is 18.1 Å². The quantitative estimate of drug-likeness (QED) is 0.918. The van der Waals surface area contributed by atoms with Gasteiger partial charge in [0.05, 0.1) is 0 Å². The van der Waals surface area contributed by atoms with Gasteiger partial charge >= 0.3 is 0 Å². The summed E-state index contributed by atoms with van der Waals surface area (Å²) in [6.07, 6.45) is 0.795. The number of nitrogens with zero attached hydrogens (tertiary/aromatic N) is 2. The summed E-state index contributed by atoms with van der Waals surface area (Å²) in [7, 11) is 0. The molecule has 6 heteroatoms. The molecule has 1 unspecified atom stereocenters. The van der Waals surface area contributed by atoms with Crippen molar-refractivity contribution in [3.8, 4) is 11.4 Å². The fourth-order valence-electron chi connectivity index (χ4n) is 2.21. The van der Waals surface area contributed by atoms with Gasteiger partial charge < -0.3 is 9.84 Å². The SMILES string of the molecule is Cc1ccc(-c2noc(CC3CSCCN3)n2)c(Br)c1. The standard InChI is InChI=1S/C14H16BrN3OS/c1-9-2-3-11(12(15)6-9)14-17-13(19-18-14)7-10-8-20-5-4-16-10/h2-3,6,10,16H,4-5,7-8H2,1H3. The van der Waals surface area contributed by atoms with Crippen LogP contribution in [0.3, 0.4) is 0 Å². The lowest BCUT2D eigenvalue weighted by Crippen LogP contribution is -2.38. The van der Waals surface area contributed by atoms with E-state index >= 15 is 0 Å². The van der Waals surface area contributed by atoms with Gasteiger partial charge in [-0.05, 0) is 24.6 Å². The summed E-state index contributed by atoms with van der Waals surface area (Å²) >= 11 is 5.52. The maximum atomic E-state index is 5.38. The maximum absolute atomic E-state index is 5.38. The van der Waals surface area contributed by atoms with E-state index in [0.29, 0.717) is 17.8 Å². The number of nitrogens with one attached hydrogen (secondary N) is 1. The Morgan fingerprint density at radius 3 is 3.15 bits per heavy atom. The van der Waals surface area contributed by atoms with Gasteiger partial charge in [-0.15, -0.1) is 0 Å². The van der Waals surface area contributed by atoms with E-state index in [1.807, 2.05) is 17.8 Å². The van der Waals surface area contributed by atoms with Gasteiger partial charge in [0, 0.05) is 40.5 Å². The lowest BCUT2D eigenvalue weighted by molar-refractivity contribution is 0.363. The minimum atomic E-state index is 0.434. The first-order valence-corrected chi connectivity index (χ1v) is 8.57. The number of halogens is 1. The van der Waals surface area contributed by atoms with Crippen molar-refractivity contribution in [2.24, 2.45) is 0 Å². The summed E-state index contributed by atoms with van der Waals surface area (Å²) < 4.78 is 6.37. The highest BCUT2D eigenvalue weighted by Crippen LogP contribution is 2.27. The molecule has 3 rings (SSSR count). The molecule has 2 aromatic rings. The Hall–Kier alpha value is -0.850. The molecule has 0 radical (unpaired) electrons. The van der Waals surface area contributed by atoms with Crippen LogP contribution in [0.1, 0.15) is 11.5 Å². The highest BCUT2D eigenvalue weighted by molar-refractivity contribution is 9.10. The Morgan fingerprint density at radius 2 is 2.40 bits per heavy atom. The number of benzene rings is 1. The summed E-state index contributed by atoms with van der Waals surface area (Å²) in [5.74, 6) is 3.64. The van der Waals surface area contributed by atoms with Crippen molar-refractivity contribution in [1.29, 1.82) is 0 Å². The van der Waals surface area contributed by atoms with Crippen molar-refractivity contribution >= 4 is 27.7 Å². The second-order valence-corrected chi connectivity index (χ2v) is 6.93. The normalized spacial score (nSPS) is 19.2. The average molecular weight is 354 g/mol. The van der Waals surface area contributed by atoms with Crippen molar-refractivity contribution in [3.05, 3.63) is 34.1 Å². The fourth-order valence-corrected chi connectivity index (χ4v) is 3.83. The number of thioether (sulfide) groups is 1. The van der Waals surface area contributed by atoms with Gasteiger partial charge in [-0.2, -0.15) is 16.7 Å². The maximum Gasteiger partial charge on any atom is 0.228 e. The Balaban J connectivity index is 1.75. The number of rotatable bonds is 3. The minimum absolute atomic E-state index is 0.434. The zero-order valence-corrected chi connectivity index (χ0v) is 13.6. The third-order valence-corrected chi connectivity index (χ3v) is 5.04. The summed E-state index contributed by atoms with van der Waals surface area (Å²) in [5, 5.41) is 7.57. The Bertz CT molecular complexity index is 596. The third-order valence-electron chi connectivity index (χ3n) is 3.25. The van der Waals surface area contributed by atoms with Crippen LogP contribution in [-0.4, -0.2) is 34.2 Å². The molecule has 2 heterocycles. The first kappa shape index (κ1) is 14.1. The molecule has 0 saturated carbocycles. The predicted octanol–water partition coefficient (Wildman–Crippen LogP) is 3.06. The molecule has 1 atom stereocenters. The molecule has 106 valence electrons. The molecule has 1 aliphatic rings. The van der Waals surface area contributed by atoms with E-state index in [1.165, 1.54) is 11.3 Å². The van der Waals surface area contributed by atoms with Gasteiger partial charge in [0.15, 0.2) is 0 Å². The van der Waals surface area contributed by atoms with Crippen LogP contribution in [0.2, 0.25) is 0 Å². The Morgan fingerprint density at radius 1 is 1.50 bits per heavy atom. The van der Waals surface area contributed by atoms with Gasteiger partial charge in [-0.1, -0.05) is 27.2 Å². The second kappa shape index (κ2) is 6.28. The van der Waals surface area contributed by atoms with E-state index in [2.05, 4.69) is 50.4 Å². The van der Waals surface area contributed by atoms with Crippen LogP contribution in [0.5, 0.6) is 0 Å². The summed E-state index contributed by atoms with van der Waals surface area (Å²) in [6.45, 7) is 3.11. The van der Waals surface area contributed by atoms with E-state index < -0.39 is 0 Å². The van der Waals surface area contributed by atoms with Crippen LogP contribution >= 0.6 is 27.7 Å². The lowest BCUT2D eigenvalue weighted by Gasteiger charge is -2.21. The molecule has 0 aliphatic carbocycles. The molecule has 20 heavy (non-hydrogen) atoms. The third kappa shape index (κ3) is 3.24. The first-order valence-electron chi connectivity index (χ1n) is 6.62. The smallest absolute Gasteiger partial charge is 0.228 e. The molecule has 1 aromatic carbocycles. The molecule has 4 nitrogen and oxygen atoms in total. The average Bonchev–Trinajstić information content (AvgIpc) is 2.88. The van der Waals surface area contributed by atoms with Gasteiger partial charge in [0.2, 0.25) is 11.7 Å². The Kier molecular flexibility index (Phi) is 4.43. The van der Waals surface area contributed by atoms with Crippen molar-refractivity contribution < 1.29 is 4.52 Å². The van der Waals surface area contributed by atoms with Crippen LogP contribution < -0.4 is 5.32 Å². The van der Waals surface area contributed by atoms with Gasteiger partial charge in [-0.25, -0.2) is 0 Å². The highest BCUT2D eigenvalue weighted by atomic mass is 79.9. The number of aryl methyl sites for hydroxylation is 1. The van der Waals surface area contributed by atoms with Crippen LogP contribution in [0.25, 0.3) is 11.4 Å². The van der Waals surface area contributed by atoms with E-state index in [1.54, 1.807) is 0 Å². The molecule has 0 bridgehead atoms. The predicted molar refractivity (Wildman–Crippen MR) is 85.0 cm³/mol.